The van der Waals surface area contributed by atoms with E-state index in [0.717, 1.165) is 21.5 Å². The van der Waals surface area contributed by atoms with Gasteiger partial charge in [0.1, 0.15) is 5.01 Å². The van der Waals surface area contributed by atoms with Gasteiger partial charge in [0.2, 0.25) is 16.9 Å². The van der Waals surface area contributed by atoms with Crippen LogP contribution in [0.2, 0.25) is 0 Å². The van der Waals surface area contributed by atoms with Crippen LogP contribution in [0.15, 0.2) is 59.1 Å². The highest BCUT2D eigenvalue weighted by Crippen LogP contribution is 2.27. The Labute approximate surface area is 194 Å². The molecule has 6 nitrogen and oxygen atoms in total. The summed E-state index contributed by atoms with van der Waals surface area (Å²) >= 11 is 4.73. The van der Waals surface area contributed by atoms with Gasteiger partial charge in [-0.2, -0.15) is 0 Å². The maximum atomic E-state index is 12.6. The van der Waals surface area contributed by atoms with E-state index < -0.39 is 0 Å². The van der Waals surface area contributed by atoms with Crippen molar-refractivity contribution >= 4 is 44.2 Å². The summed E-state index contributed by atoms with van der Waals surface area (Å²) in [6.07, 6.45) is 0.967. The maximum absolute atomic E-state index is 12.6. The molecule has 2 aromatic carbocycles. The normalized spacial score (nSPS) is 10.8. The molecule has 0 aliphatic heterocycles. The minimum Gasteiger partial charge on any atom is -0.342 e. The van der Waals surface area contributed by atoms with Gasteiger partial charge in [-0.05, 0) is 24.1 Å². The van der Waals surface area contributed by atoms with Crippen LogP contribution in [-0.4, -0.2) is 40.0 Å². The molecule has 3 rings (SSSR count). The lowest BCUT2D eigenvalue weighted by atomic mass is 10.1. The first-order chi connectivity index (χ1) is 14.9. The molecule has 0 saturated carbocycles. The molecule has 1 heterocycles. The lowest BCUT2D eigenvalue weighted by Gasteiger charge is -2.24. The Morgan fingerprint density at radius 3 is 2.42 bits per heavy atom. The molecule has 8 heteroatoms. The van der Waals surface area contributed by atoms with Crippen molar-refractivity contribution in [1.29, 1.82) is 0 Å². The summed E-state index contributed by atoms with van der Waals surface area (Å²) in [5.74, 6) is -0.243. The Morgan fingerprint density at radius 1 is 1.03 bits per heavy atom. The second kappa shape index (κ2) is 11.2. The molecular weight excluding hydrogens is 476 g/mol. The summed E-state index contributed by atoms with van der Waals surface area (Å²) in [7, 11) is 0. The van der Waals surface area contributed by atoms with E-state index in [1.165, 1.54) is 16.9 Å². The monoisotopic (exact) mass is 500 g/mol. The number of hydrogen-bond acceptors (Lipinski definition) is 5. The molecule has 3 aromatic rings. The highest BCUT2D eigenvalue weighted by atomic mass is 79.9. The number of carbonyl (C=O) groups is 2. The summed E-state index contributed by atoms with van der Waals surface area (Å²) < 4.78 is 0.988. The third-order valence-electron chi connectivity index (χ3n) is 4.69. The van der Waals surface area contributed by atoms with Crippen LogP contribution in [0.4, 0.5) is 5.13 Å². The lowest BCUT2D eigenvalue weighted by molar-refractivity contribution is -0.134. The fraction of sp³-hybridized carbons (Fsp3) is 0.304. The number of aromatic nitrogens is 2. The van der Waals surface area contributed by atoms with E-state index in [4.69, 9.17) is 0 Å². The van der Waals surface area contributed by atoms with Crippen LogP contribution in [0, 0.1) is 5.92 Å². The van der Waals surface area contributed by atoms with E-state index >= 15 is 0 Å². The SMILES string of the molecule is CC(C)C(=O)N(CCC(=O)Nc1nnc(-c2ccc(Br)cc2)s1)CCc1ccccc1. The second-order valence-electron chi connectivity index (χ2n) is 7.43. The number of rotatable bonds is 9. The zero-order chi connectivity index (χ0) is 22.2. The van der Waals surface area contributed by atoms with Gasteiger partial charge in [0.05, 0.1) is 0 Å². The zero-order valence-electron chi connectivity index (χ0n) is 17.5. The molecule has 0 bridgehead atoms. The largest absolute Gasteiger partial charge is 0.342 e. The van der Waals surface area contributed by atoms with E-state index in [-0.39, 0.29) is 24.2 Å². The highest BCUT2D eigenvalue weighted by molar-refractivity contribution is 9.10. The summed E-state index contributed by atoms with van der Waals surface area (Å²) in [6, 6.07) is 17.8. The summed E-state index contributed by atoms with van der Waals surface area (Å²) in [5, 5.41) is 12.2. The van der Waals surface area contributed by atoms with Gasteiger partial charge in [0, 0.05) is 35.5 Å². The van der Waals surface area contributed by atoms with Crippen LogP contribution in [-0.2, 0) is 16.0 Å². The van der Waals surface area contributed by atoms with Crippen molar-refractivity contribution < 1.29 is 9.59 Å². The fourth-order valence-corrected chi connectivity index (χ4v) is 4.04. The van der Waals surface area contributed by atoms with Crippen LogP contribution in [0.25, 0.3) is 10.6 Å². The van der Waals surface area contributed by atoms with Gasteiger partial charge in [0.15, 0.2) is 0 Å². The molecular formula is C23H25BrN4O2S. The summed E-state index contributed by atoms with van der Waals surface area (Å²) in [4.78, 5) is 26.8. The molecule has 0 atom stereocenters. The number of hydrogen-bond donors (Lipinski definition) is 1. The van der Waals surface area contributed by atoms with Crippen molar-refractivity contribution in [2.75, 3.05) is 18.4 Å². The molecule has 31 heavy (non-hydrogen) atoms. The zero-order valence-corrected chi connectivity index (χ0v) is 19.9. The Morgan fingerprint density at radius 2 is 1.74 bits per heavy atom. The quantitative estimate of drug-likeness (QED) is 0.447. The van der Waals surface area contributed by atoms with Gasteiger partial charge in [0.25, 0.3) is 0 Å². The van der Waals surface area contributed by atoms with E-state index in [1.54, 1.807) is 4.90 Å². The average Bonchev–Trinajstić information content (AvgIpc) is 3.23. The molecule has 2 amide bonds. The molecule has 0 saturated heterocycles. The summed E-state index contributed by atoms with van der Waals surface area (Å²) in [6.45, 7) is 4.71. The third kappa shape index (κ3) is 6.97. The predicted molar refractivity (Wildman–Crippen MR) is 128 cm³/mol. The molecule has 0 spiro atoms. The van der Waals surface area contributed by atoms with Crippen molar-refractivity contribution in [2.45, 2.75) is 26.7 Å². The number of amides is 2. The van der Waals surface area contributed by atoms with Crippen molar-refractivity contribution in [3.63, 3.8) is 0 Å². The topological polar surface area (TPSA) is 75.2 Å². The lowest BCUT2D eigenvalue weighted by Crippen LogP contribution is -2.38. The van der Waals surface area contributed by atoms with Crippen LogP contribution < -0.4 is 5.32 Å². The first-order valence-electron chi connectivity index (χ1n) is 10.1. The van der Waals surface area contributed by atoms with Crippen LogP contribution in [0.3, 0.4) is 0 Å². The number of nitrogens with zero attached hydrogens (tertiary/aromatic N) is 3. The van der Waals surface area contributed by atoms with Crippen LogP contribution >= 0.6 is 27.3 Å². The molecule has 162 valence electrons. The van der Waals surface area contributed by atoms with Crippen LogP contribution in [0.5, 0.6) is 0 Å². The molecule has 0 unspecified atom stereocenters. The first kappa shape index (κ1) is 23.1. The minimum atomic E-state index is -0.181. The third-order valence-corrected chi connectivity index (χ3v) is 6.11. The highest BCUT2D eigenvalue weighted by Gasteiger charge is 2.18. The van der Waals surface area contributed by atoms with Crippen LogP contribution in [0.1, 0.15) is 25.8 Å². The van der Waals surface area contributed by atoms with Gasteiger partial charge in [-0.3, -0.25) is 9.59 Å². The Bertz CT molecular complexity index is 1010. The van der Waals surface area contributed by atoms with Crippen molar-refractivity contribution in [3.05, 3.63) is 64.6 Å². The average molecular weight is 501 g/mol. The standard InChI is InChI=1S/C23H25BrN4O2S/c1-16(2)22(30)28(14-12-17-6-4-3-5-7-17)15-13-20(29)25-23-27-26-21(31-23)18-8-10-19(24)11-9-18/h3-11,16H,12-15H2,1-2H3,(H,25,27,29). The maximum Gasteiger partial charge on any atom is 0.227 e. The number of carbonyl (C=O) groups excluding carboxylic acids is 2. The van der Waals surface area contributed by atoms with E-state index in [2.05, 4.69) is 31.4 Å². The number of nitrogens with one attached hydrogen (secondary N) is 1. The number of anilines is 1. The molecule has 0 fully saturated rings. The second-order valence-corrected chi connectivity index (χ2v) is 9.33. The van der Waals surface area contributed by atoms with Crippen molar-refractivity contribution in [3.8, 4) is 10.6 Å². The molecule has 1 aromatic heterocycles. The number of halogens is 1. The first-order valence-corrected chi connectivity index (χ1v) is 11.8. The Kier molecular flexibility index (Phi) is 8.31. The van der Waals surface area contributed by atoms with Crippen molar-refractivity contribution in [1.82, 2.24) is 15.1 Å². The molecule has 0 aliphatic carbocycles. The smallest absolute Gasteiger partial charge is 0.227 e. The Hall–Kier alpha value is -2.58. The van der Waals surface area contributed by atoms with Gasteiger partial charge in [-0.25, -0.2) is 0 Å². The molecule has 0 aliphatic rings. The van der Waals surface area contributed by atoms with E-state index in [0.29, 0.717) is 18.2 Å². The molecule has 1 N–H and O–H groups in total. The molecule has 0 radical (unpaired) electrons. The van der Waals surface area contributed by atoms with E-state index in [9.17, 15) is 9.59 Å². The fourth-order valence-electron chi connectivity index (χ4n) is 3.01. The van der Waals surface area contributed by atoms with Gasteiger partial charge in [-0.1, -0.05) is 83.6 Å². The summed E-state index contributed by atoms with van der Waals surface area (Å²) in [5.41, 5.74) is 2.11. The predicted octanol–water partition coefficient (Wildman–Crippen LogP) is 5.02. The van der Waals surface area contributed by atoms with Gasteiger partial charge < -0.3 is 10.2 Å². The van der Waals surface area contributed by atoms with Crippen molar-refractivity contribution in [2.24, 2.45) is 5.92 Å². The van der Waals surface area contributed by atoms with E-state index in [1.807, 2.05) is 68.4 Å². The van der Waals surface area contributed by atoms with Gasteiger partial charge >= 0.3 is 0 Å². The Balaban J connectivity index is 1.55. The minimum absolute atomic E-state index is 0.0529. The van der Waals surface area contributed by atoms with Gasteiger partial charge in [-0.15, -0.1) is 10.2 Å². The number of benzene rings is 2.